The van der Waals surface area contributed by atoms with Crippen LogP contribution in [0, 0.1) is 5.92 Å². The predicted octanol–water partition coefficient (Wildman–Crippen LogP) is 2.27. The molecule has 3 nitrogen and oxygen atoms in total. The number of hydrogen-bond acceptors (Lipinski definition) is 2. The molecule has 0 aliphatic heterocycles. The average molecular weight is 228 g/mol. The third-order valence-electron chi connectivity index (χ3n) is 3.50. The minimum atomic E-state index is 0.174. The zero-order valence-electron chi connectivity index (χ0n) is 11.7. The molecule has 1 amide bonds. The minimum absolute atomic E-state index is 0.174. The van der Waals surface area contributed by atoms with E-state index in [0.29, 0.717) is 18.5 Å². The van der Waals surface area contributed by atoms with Crippen LogP contribution in [0.25, 0.3) is 0 Å². The summed E-state index contributed by atoms with van der Waals surface area (Å²) >= 11 is 0. The Morgan fingerprint density at radius 3 is 2.06 bits per heavy atom. The van der Waals surface area contributed by atoms with Gasteiger partial charge >= 0.3 is 0 Å². The highest BCUT2D eigenvalue weighted by Crippen LogP contribution is 2.12. The van der Waals surface area contributed by atoms with Crippen molar-refractivity contribution < 1.29 is 4.79 Å². The van der Waals surface area contributed by atoms with Crippen LogP contribution in [0.5, 0.6) is 0 Å². The topological polar surface area (TPSA) is 32.3 Å². The standard InChI is InChI=1S/C13H28N2O/c1-7-12(8-2)11(5)14-9-13(16)15(6)10(3)4/h10-12,14H,7-9H2,1-6H3. The molecule has 0 rings (SSSR count). The lowest BCUT2D eigenvalue weighted by molar-refractivity contribution is -0.130. The van der Waals surface area contributed by atoms with E-state index in [2.05, 4.69) is 26.1 Å². The third kappa shape index (κ3) is 4.97. The maximum Gasteiger partial charge on any atom is 0.236 e. The van der Waals surface area contributed by atoms with Crippen LogP contribution in [-0.2, 0) is 4.79 Å². The second kappa shape index (κ2) is 7.66. The van der Waals surface area contributed by atoms with Crippen molar-refractivity contribution >= 4 is 5.91 Å². The van der Waals surface area contributed by atoms with Crippen LogP contribution in [0.2, 0.25) is 0 Å². The first-order valence-electron chi connectivity index (χ1n) is 6.43. The van der Waals surface area contributed by atoms with E-state index in [1.807, 2.05) is 20.9 Å². The Hall–Kier alpha value is -0.570. The summed E-state index contributed by atoms with van der Waals surface area (Å²) in [5.74, 6) is 0.838. The third-order valence-corrected chi connectivity index (χ3v) is 3.50. The number of likely N-dealkylation sites (N-methyl/N-ethyl adjacent to an activating group) is 1. The van der Waals surface area contributed by atoms with Crippen LogP contribution in [0.15, 0.2) is 0 Å². The lowest BCUT2D eigenvalue weighted by atomic mass is 9.95. The number of carbonyl (C=O) groups is 1. The zero-order chi connectivity index (χ0) is 12.7. The molecular weight excluding hydrogens is 200 g/mol. The van der Waals surface area contributed by atoms with Crippen LogP contribution >= 0.6 is 0 Å². The zero-order valence-corrected chi connectivity index (χ0v) is 11.7. The van der Waals surface area contributed by atoms with Gasteiger partial charge in [0.05, 0.1) is 6.54 Å². The molecule has 0 aromatic rings. The Morgan fingerprint density at radius 2 is 1.69 bits per heavy atom. The van der Waals surface area contributed by atoms with Gasteiger partial charge in [0, 0.05) is 19.1 Å². The fourth-order valence-electron chi connectivity index (χ4n) is 1.82. The highest BCUT2D eigenvalue weighted by Gasteiger charge is 2.16. The van der Waals surface area contributed by atoms with Gasteiger partial charge in [-0.1, -0.05) is 26.7 Å². The molecule has 0 bridgehead atoms. The van der Waals surface area contributed by atoms with Crippen molar-refractivity contribution in [3.8, 4) is 0 Å². The molecule has 1 unspecified atom stereocenters. The summed E-state index contributed by atoms with van der Waals surface area (Å²) in [5.41, 5.74) is 0. The van der Waals surface area contributed by atoms with Crippen LogP contribution in [-0.4, -0.2) is 36.5 Å². The van der Waals surface area contributed by atoms with Crippen molar-refractivity contribution in [1.29, 1.82) is 0 Å². The molecule has 0 aliphatic rings. The Morgan fingerprint density at radius 1 is 1.19 bits per heavy atom. The van der Waals surface area contributed by atoms with Crippen molar-refractivity contribution in [1.82, 2.24) is 10.2 Å². The van der Waals surface area contributed by atoms with Gasteiger partial charge in [-0.25, -0.2) is 0 Å². The highest BCUT2D eigenvalue weighted by molar-refractivity contribution is 5.78. The Bertz CT molecular complexity index is 200. The monoisotopic (exact) mass is 228 g/mol. The Kier molecular flexibility index (Phi) is 7.39. The van der Waals surface area contributed by atoms with E-state index in [9.17, 15) is 4.79 Å². The summed E-state index contributed by atoms with van der Waals surface area (Å²) in [6, 6.07) is 0.692. The molecule has 0 heterocycles. The molecule has 3 heteroatoms. The van der Waals surface area contributed by atoms with Gasteiger partial charge in [0.2, 0.25) is 5.91 Å². The summed E-state index contributed by atoms with van der Waals surface area (Å²) in [4.78, 5) is 13.5. The number of nitrogens with zero attached hydrogens (tertiary/aromatic N) is 1. The van der Waals surface area contributed by atoms with Crippen LogP contribution in [0.3, 0.4) is 0 Å². The van der Waals surface area contributed by atoms with E-state index in [4.69, 9.17) is 0 Å². The maximum absolute atomic E-state index is 11.8. The first-order valence-corrected chi connectivity index (χ1v) is 6.43. The first kappa shape index (κ1) is 15.4. The molecule has 0 spiro atoms. The van der Waals surface area contributed by atoms with Crippen molar-refractivity contribution in [2.24, 2.45) is 5.92 Å². The van der Waals surface area contributed by atoms with Crippen LogP contribution in [0.4, 0.5) is 0 Å². The Balaban J connectivity index is 4.00. The predicted molar refractivity (Wildman–Crippen MR) is 69.4 cm³/mol. The van der Waals surface area contributed by atoms with Crippen LogP contribution < -0.4 is 5.32 Å². The van der Waals surface area contributed by atoms with Gasteiger partial charge < -0.3 is 10.2 Å². The molecule has 0 radical (unpaired) electrons. The second-order valence-electron chi connectivity index (χ2n) is 4.84. The van der Waals surface area contributed by atoms with Crippen LogP contribution in [0.1, 0.15) is 47.5 Å². The van der Waals surface area contributed by atoms with E-state index < -0.39 is 0 Å². The smallest absolute Gasteiger partial charge is 0.236 e. The normalized spacial score (nSPS) is 13.2. The maximum atomic E-state index is 11.8. The van der Waals surface area contributed by atoms with E-state index in [1.54, 1.807) is 4.90 Å². The quantitative estimate of drug-likeness (QED) is 0.725. The van der Waals surface area contributed by atoms with Gasteiger partial charge in [-0.05, 0) is 26.7 Å². The van der Waals surface area contributed by atoms with Gasteiger partial charge in [0.15, 0.2) is 0 Å². The fraction of sp³-hybridized carbons (Fsp3) is 0.923. The van der Waals surface area contributed by atoms with Gasteiger partial charge in [-0.3, -0.25) is 4.79 Å². The van der Waals surface area contributed by atoms with Crippen molar-refractivity contribution in [2.75, 3.05) is 13.6 Å². The fourth-order valence-corrected chi connectivity index (χ4v) is 1.82. The van der Waals surface area contributed by atoms with E-state index in [1.165, 1.54) is 12.8 Å². The molecule has 0 fully saturated rings. The molecule has 1 N–H and O–H groups in total. The molecule has 1 atom stereocenters. The van der Waals surface area contributed by atoms with E-state index >= 15 is 0 Å². The summed E-state index contributed by atoms with van der Waals surface area (Å²) in [6.45, 7) is 11.1. The summed E-state index contributed by atoms with van der Waals surface area (Å²) < 4.78 is 0. The molecule has 0 aromatic carbocycles. The van der Waals surface area contributed by atoms with Gasteiger partial charge in [-0.15, -0.1) is 0 Å². The number of nitrogens with one attached hydrogen (secondary N) is 1. The summed E-state index contributed by atoms with van der Waals surface area (Å²) in [5, 5.41) is 3.33. The van der Waals surface area contributed by atoms with E-state index in [0.717, 1.165) is 0 Å². The van der Waals surface area contributed by atoms with Crippen molar-refractivity contribution in [3.05, 3.63) is 0 Å². The lowest BCUT2D eigenvalue weighted by Crippen LogP contribution is -2.43. The molecule has 0 saturated heterocycles. The molecule has 16 heavy (non-hydrogen) atoms. The molecule has 0 aliphatic carbocycles. The summed E-state index contributed by atoms with van der Waals surface area (Å²) in [6.07, 6.45) is 2.33. The molecular formula is C13H28N2O. The molecule has 0 saturated carbocycles. The number of amides is 1. The lowest BCUT2D eigenvalue weighted by Gasteiger charge is -2.25. The van der Waals surface area contributed by atoms with E-state index in [-0.39, 0.29) is 11.9 Å². The Labute approximate surface area is 101 Å². The molecule has 0 aromatic heterocycles. The summed E-state index contributed by atoms with van der Waals surface area (Å²) in [7, 11) is 1.86. The largest absolute Gasteiger partial charge is 0.342 e. The highest BCUT2D eigenvalue weighted by atomic mass is 16.2. The number of carbonyl (C=O) groups excluding carboxylic acids is 1. The number of hydrogen-bond donors (Lipinski definition) is 1. The van der Waals surface area contributed by atoms with Crippen molar-refractivity contribution in [3.63, 3.8) is 0 Å². The average Bonchev–Trinajstić information content (AvgIpc) is 2.26. The SMILES string of the molecule is CCC(CC)C(C)NCC(=O)N(C)C(C)C. The van der Waals surface area contributed by atoms with Gasteiger partial charge in [-0.2, -0.15) is 0 Å². The first-order chi connectivity index (χ1) is 7.43. The minimum Gasteiger partial charge on any atom is -0.342 e. The second-order valence-corrected chi connectivity index (χ2v) is 4.84. The van der Waals surface area contributed by atoms with Crippen molar-refractivity contribution in [2.45, 2.75) is 59.5 Å². The number of rotatable bonds is 7. The molecule has 96 valence electrons. The van der Waals surface area contributed by atoms with Gasteiger partial charge in [0.25, 0.3) is 0 Å². The van der Waals surface area contributed by atoms with Gasteiger partial charge in [0.1, 0.15) is 0 Å².